The number of carbonyl (C=O) groups is 2. The van der Waals surface area contributed by atoms with Crippen LogP contribution in [0.5, 0.6) is 0 Å². The van der Waals surface area contributed by atoms with Gasteiger partial charge in [0.05, 0.1) is 12.2 Å². The average molecular weight is 306 g/mol. The first-order valence-corrected chi connectivity index (χ1v) is 6.70. The van der Waals surface area contributed by atoms with Crippen LogP contribution in [-0.2, 0) is 9.53 Å². The van der Waals surface area contributed by atoms with Gasteiger partial charge in [0, 0.05) is 12.5 Å². The van der Waals surface area contributed by atoms with Gasteiger partial charge in [0.2, 0.25) is 5.91 Å². The summed E-state index contributed by atoms with van der Waals surface area (Å²) in [6, 6.07) is 4.17. The number of carbonyl (C=O) groups excluding carboxylic acids is 2. The fourth-order valence-electron chi connectivity index (χ4n) is 1.42. The van der Waals surface area contributed by atoms with E-state index >= 15 is 0 Å². The Morgan fingerprint density at radius 2 is 2.00 bits per heavy atom. The van der Waals surface area contributed by atoms with E-state index < -0.39 is 17.5 Å². The molecule has 0 radical (unpaired) electrons. The van der Waals surface area contributed by atoms with Gasteiger partial charge in [-0.05, 0) is 39.0 Å². The van der Waals surface area contributed by atoms with E-state index in [1.807, 2.05) is 0 Å². The van der Waals surface area contributed by atoms with Gasteiger partial charge in [0.1, 0.15) is 11.4 Å². The van der Waals surface area contributed by atoms with Crippen LogP contribution < -0.4 is 10.6 Å². The summed E-state index contributed by atoms with van der Waals surface area (Å²) in [4.78, 5) is 22.2. The van der Waals surface area contributed by atoms with Crippen molar-refractivity contribution in [3.05, 3.63) is 29.6 Å². The van der Waals surface area contributed by atoms with Gasteiger partial charge in [-0.2, -0.15) is 0 Å². The number of rotatable bonds is 2. The second-order valence-electron chi connectivity index (χ2n) is 5.53. The van der Waals surface area contributed by atoms with Crippen LogP contribution in [0.3, 0.4) is 0 Å². The third-order valence-corrected chi connectivity index (χ3v) is 2.26. The van der Waals surface area contributed by atoms with E-state index in [1.165, 1.54) is 19.1 Å². The minimum atomic E-state index is -0.726. The predicted molar refractivity (Wildman–Crippen MR) is 81.8 cm³/mol. The topological polar surface area (TPSA) is 67.4 Å². The average Bonchev–Trinajstić information content (AvgIpc) is 2.35. The SMILES string of the molecule is CC(=O)NCC#Cc1ccc(NC(=O)OC(C)(C)C)c(F)c1. The van der Waals surface area contributed by atoms with E-state index in [1.54, 1.807) is 26.8 Å². The molecule has 0 spiro atoms. The van der Waals surface area contributed by atoms with E-state index in [9.17, 15) is 14.0 Å². The molecule has 1 aromatic rings. The Hall–Kier alpha value is -2.55. The molecule has 0 saturated carbocycles. The third-order valence-electron chi connectivity index (χ3n) is 2.26. The number of anilines is 1. The van der Waals surface area contributed by atoms with Crippen molar-refractivity contribution in [3.8, 4) is 11.8 Å². The van der Waals surface area contributed by atoms with Gasteiger partial charge in [0.15, 0.2) is 0 Å². The van der Waals surface area contributed by atoms with Crippen LogP contribution in [0.1, 0.15) is 33.3 Å². The molecular weight excluding hydrogens is 287 g/mol. The molecule has 2 N–H and O–H groups in total. The lowest BCUT2D eigenvalue weighted by atomic mass is 10.2. The van der Waals surface area contributed by atoms with Crippen LogP contribution in [0, 0.1) is 17.7 Å². The summed E-state index contributed by atoms with van der Waals surface area (Å²) >= 11 is 0. The van der Waals surface area contributed by atoms with Crippen LogP contribution in [0.25, 0.3) is 0 Å². The fraction of sp³-hybridized carbons (Fsp3) is 0.375. The second-order valence-corrected chi connectivity index (χ2v) is 5.53. The number of hydrogen-bond donors (Lipinski definition) is 2. The second kappa shape index (κ2) is 7.46. The Balaban J connectivity index is 2.69. The molecule has 118 valence electrons. The summed E-state index contributed by atoms with van der Waals surface area (Å²) in [7, 11) is 0. The molecule has 1 aromatic carbocycles. The van der Waals surface area contributed by atoms with E-state index in [-0.39, 0.29) is 18.1 Å². The molecule has 0 heterocycles. The molecule has 0 unspecified atom stereocenters. The van der Waals surface area contributed by atoms with Crippen LogP contribution in [0.4, 0.5) is 14.9 Å². The molecule has 0 atom stereocenters. The highest BCUT2D eigenvalue weighted by Crippen LogP contribution is 2.17. The first-order valence-electron chi connectivity index (χ1n) is 6.70. The molecule has 0 aliphatic rings. The quantitative estimate of drug-likeness (QED) is 0.825. The van der Waals surface area contributed by atoms with E-state index in [0.717, 1.165) is 0 Å². The van der Waals surface area contributed by atoms with E-state index in [2.05, 4.69) is 22.5 Å². The Morgan fingerprint density at radius 3 is 2.55 bits per heavy atom. The molecule has 0 bridgehead atoms. The highest BCUT2D eigenvalue weighted by atomic mass is 19.1. The number of halogens is 1. The summed E-state index contributed by atoms with van der Waals surface area (Å²) in [6.07, 6.45) is -0.726. The van der Waals surface area contributed by atoms with Crippen molar-refractivity contribution < 1.29 is 18.7 Å². The summed E-state index contributed by atoms with van der Waals surface area (Å²) in [5, 5.41) is 4.84. The summed E-state index contributed by atoms with van der Waals surface area (Å²) in [6.45, 7) is 6.73. The molecule has 22 heavy (non-hydrogen) atoms. The molecule has 2 amide bonds. The fourth-order valence-corrected chi connectivity index (χ4v) is 1.42. The maximum Gasteiger partial charge on any atom is 0.412 e. The highest BCUT2D eigenvalue weighted by molar-refractivity contribution is 5.85. The van der Waals surface area contributed by atoms with Crippen LogP contribution in [-0.4, -0.2) is 24.1 Å². The number of nitrogens with one attached hydrogen (secondary N) is 2. The number of benzene rings is 1. The van der Waals surface area contributed by atoms with Crippen molar-refractivity contribution in [2.75, 3.05) is 11.9 Å². The minimum Gasteiger partial charge on any atom is -0.444 e. The number of amides is 2. The van der Waals surface area contributed by atoms with Gasteiger partial charge in [-0.15, -0.1) is 0 Å². The third kappa shape index (κ3) is 6.75. The molecule has 1 rings (SSSR count). The number of ether oxygens (including phenoxy) is 1. The lowest BCUT2D eigenvalue weighted by Gasteiger charge is -2.19. The predicted octanol–water partition coefficient (Wildman–Crippen LogP) is 2.66. The first-order chi connectivity index (χ1) is 10.2. The van der Waals surface area contributed by atoms with Gasteiger partial charge in [-0.1, -0.05) is 11.8 Å². The van der Waals surface area contributed by atoms with Crippen LogP contribution in [0.2, 0.25) is 0 Å². The molecule has 0 saturated heterocycles. The van der Waals surface area contributed by atoms with E-state index in [4.69, 9.17) is 4.74 Å². The normalized spacial score (nSPS) is 10.2. The van der Waals surface area contributed by atoms with Crippen molar-refractivity contribution in [1.82, 2.24) is 5.32 Å². The zero-order chi connectivity index (χ0) is 16.8. The Labute approximate surface area is 129 Å². The largest absolute Gasteiger partial charge is 0.444 e. The lowest BCUT2D eigenvalue weighted by Crippen LogP contribution is -2.27. The van der Waals surface area contributed by atoms with Crippen LogP contribution in [0.15, 0.2) is 18.2 Å². The zero-order valence-electron chi connectivity index (χ0n) is 13.0. The standard InChI is InChI=1S/C16H19FN2O3/c1-11(20)18-9-5-6-12-7-8-14(13(17)10-12)19-15(21)22-16(2,3)4/h7-8,10H,9H2,1-4H3,(H,18,20)(H,19,21). The van der Waals surface area contributed by atoms with Gasteiger partial charge >= 0.3 is 6.09 Å². The van der Waals surface area contributed by atoms with Crippen molar-refractivity contribution in [1.29, 1.82) is 0 Å². The van der Waals surface area contributed by atoms with Gasteiger partial charge in [-0.25, -0.2) is 9.18 Å². The maximum atomic E-state index is 13.9. The van der Waals surface area contributed by atoms with Crippen molar-refractivity contribution in [3.63, 3.8) is 0 Å². The maximum absolute atomic E-state index is 13.9. The van der Waals surface area contributed by atoms with Crippen LogP contribution >= 0.6 is 0 Å². The molecule has 0 aliphatic carbocycles. The molecule has 0 aromatic heterocycles. The van der Waals surface area contributed by atoms with Crippen molar-refractivity contribution in [2.24, 2.45) is 0 Å². The highest BCUT2D eigenvalue weighted by Gasteiger charge is 2.17. The van der Waals surface area contributed by atoms with Gasteiger partial charge in [-0.3, -0.25) is 10.1 Å². The summed E-state index contributed by atoms with van der Waals surface area (Å²) < 4.78 is 18.9. The smallest absolute Gasteiger partial charge is 0.412 e. The Morgan fingerprint density at radius 1 is 1.32 bits per heavy atom. The number of hydrogen-bond acceptors (Lipinski definition) is 3. The lowest BCUT2D eigenvalue weighted by molar-refractivity contribution is -0.118. The molecule has 5 nitrogen and oxygen atoms in total. The summed E-state index contributed by atoms with van der Waals surface area (Å²) in [5.74, 6) is 4.61. The van der Waals surface area contributed by atoms with Gasteiger partial charge < -0.3 is 10.1 Å². The zero-order valence-corrected chi connectivity index (χ0v) is 13.0. The Kier molecular flexibility index (Phi) is 5.93. The molecule has 0 aliphatic heterocycles. The molecule has 6 heteroatoms. The molecule has 0 fully saturated rings. The monoisotopic (exact) mass is 306 g/mol. The first kappa shape index (κ1) is 17.5. The molecular formula is C16H19FN2O3. The van der Waals surface area contributed by atoms with Gasteiger partial charge in [0.25, 0.3) is 0 Å². The van der Waals surface area contributed by atoms with Crippen molar-refractivity contribution >= 4 is 17.7 Å². The Bertz CT molecular complexity index is 625. The van der Waals surface area contributed by atoms with Crippen molar-refractivity contribution in [2.45, 2.75) is 33.3 Å². The summed E-state index contributed by atoms with van der Waals surface area (Å²) in [5.41, 5.74) is -0.199. The minimum absolute atomic E-state index is 0.0154. The van der Waals surface area contributed by atoms with E-state index in [0.29, 0.717) is 5.56 Å².